The van der Waals surface area contributed by atoms with Gasteiger partial charge in [-0.1, -0.05) is 6.07 Å². The van der Waals surface area contributed by atoms with Crippen molar-refractivity contribution in [1.29, 1.82) is 0 Å². The molecule has 1 unspecified atom stereocenters. The predicted octanol–water partition coefficient (Wildman–Crippen LogP) is 3.98. The van der Waals surface area contributed by atoms with Gasteiger partial charge in [0.25, 0.3) is 0 Å². The molecule has 1 atom stereocenters. The van der Waals surface area contributed by atoms with Crippen molar-refractivity contribution in [1.82, 2.24) is 20.5 Å². The van der Waals surface area contributed by atoms with Gasteiger partial charge in [-0.05, 0) is 58.4 Å². The van der Waals surface area contributed by atoms with Gasteiger partial charge in [-0.25, -0.2) is 0 Å². The minimum absolute atomic E-state index is 0.121. The molecule has 2 aromatic heterocycles. The van der Waals surface area contributed by atoms with Crippen LogP contribution in [0, 0.1) is 6.92 Å². The first kappa shape index (κ1) is 19.6. The lowest BCUT2D eigenvalue weighted by Gasteiger charge is -2.26. The lowest BCUT2D eigenvalue weighted by molar-refractivity contribution is 0.373. The second kappa shape index (κ2) is 7.59. The lowest BCUT2D eigenvalue weighted by atomic mass is 10.1. The van der Waals surface area contributed by atoms with Crippen LogP contribution in [-0.4, -0.2) is 47.0 Å². The van der Waals surface area contributed by atoms with Crippen LogP contribution in [0.15, 0.2) is 36.4 Å². The van der Waals surface area contributed by atoms with Crippen LogP contribution in [0.2, 0.25) is 0 Å². The third-order valence-corrected chi connectivity index (χ3v) is 5.23. The zero-order valence-corrected chi connectivity index (χ0v) is 17.9. The molecule has 1 fully saturated rings. The van der Waals surface area contributed by atoms with Crippen LogP contribution in [-0.2, 0) is 0 Å². The summed E-state index contributed by atoms with van der Waals surface area (Å²) in [5.41, 5.74) is 3.76. The number of rotatable bonds is 4. The zero-order chi connectivity index (χ0) is 20.6. The van der Waals surface area contributed by atoms with E-state index < -0.39 is 0 Å². The molecule has 0 bridgehead atoms. The summed E-state index contributed by atoms with van der Waals surface area (Å²) in [7, 11) is 1.68. The largest absolute Gasteiger partial charge is 0.496 e. The molecule has 1 saturated heterocycles. The van der Waals surface area contributed by atoms with Crippen molar-refractivity contribution >= 4 is 16.7 Å². The summed E-state index contributed by atoms with van der Waals surface area (Å²) in [6.45, 7) is 10.6. The fraction of sp³-hybridized carbons (Fsp3) is 0.435. The van der Waals surface area contributed by atoms with Crippen molar-refractivity contribution in [3.8, 4) is 17.0 Å². The fourth-order valence-corrected chi connectivity index (χ4v) is 3.96. The van der Waals surface area contributed by atoms with Crippen LogP contribution < -0.4 is 15.0 Å². The molecule has 1 aromatic carbocycles. The van der Waals surface area contributed by atoms with Gasteiger partial charge < -0.3 is 15.0 Å². The monoisotopic (exact) mass is 391 g/mol. The van der Waals surface area contributed by atoms with E-state index in [1.54, 1.807) is 7.11 Å². The van der Waals surface area contributed by atoms with E-state index in [-0.39, 0.29) is 5.54 Å². The van der Waals surface area contributed by atoms with Crippen molar-refractivity contribution < 1.29 is 4.74 Å². The van der Waals surface area contributed by atoms with Crippen molar-refractivity contribution in [3.05, 3.63) is 42.1 Å². The van der Waals surface area contributed by atoms with E-state index in [9.17, 15) is 0 Å². The van der Waals surface area contributed by atoms with Gasteiger partial charge in [0.05, 0.1) is 18.3 Å². The number of aromatic nitrogens is 3. The van der Waals surface area contributed by atoms with Crippen molar-refractivity contribution in [2.24, 2.45) is 0 Å². The Kier molecular flexibility index (Phi) is 5.13. The van der Waals surface area contributed by atoms with Gasteiger partial charge in [0.15, 0.2) is 5.82 Å². The van der Waals surface area contributed by atoms with Gasteiger partial charge in [0.1, 0.15) is 5.75 Å². The molecule has 3 heterocycles. The third-order valence-electron chi connectivity index (χ3n) is 5.23. The summed E-state index contributed by atoms with van der Waals surface area (Å²) in [4.78, 5) is 6.89. The molecule has 0 amide bonds. The average molecular weight is 392 g/mol. The highest BCUT2D eigenvalue weighted by molar-refractivity contribution is 5.87. The van der Waals surface area contributed by atoms with Crippen LogP contribution in [0.1, 0.15) is 32.9 Å². The second-order valence-corrected chi connectivity index (χ2v) is 8.80. The maximum atomic E-state index is 5.61. The normalized spacial score (nSPS) is 17.1. The molecule has 0 spiro atoms. The van der Waals surface area contributed by atoms with Gasteiger partial charge in [-0.3, -0.25) is 4.98 Å². The van der Waals surface area contributed by atoms with E-state index >= 15 is 0 Å². The second-order valence-electron chi connectivity index (χ2n) is 8.80. The Morgan fingerprint density at radius 3 is 2.62 bits per heavy atom. The van der Waals surface area contributed by atoms with E-state index in [1.165, 1.54) is 0 Å². The Morgan fingerprint density at radius 1 is 1.10 bits per heavy atom. The Morgan fingerprint density at radius 2 is 1.93 bits per heavy atom. The number of methoxy groups -OCH3 is 1. The summed E-state index contributed by atoms with van der Waals surface area (Å²) < 4.78 is 5.61. The Bertz CT molecular complexity index is 1010. The smallest absolute Gasteiger partial charge is 0.151 e. The number of benzene rings is 1. The molecule has 6 nitrogen and oxygen atoms in total. The minimum atomic E-state index is 0.121. The lowest BCUT2D eigenvalue weighted by Crippen LogP contribution is -2.45. The molecule has 0 aliphatic carbocycles. The fourth-order valence-electron chi connectivity index (χ4n) is 3.96. The summed E-state index contributed by atoms with van der Waals surface area (Å²) in [6.07, 6.45) is 1.12. The van der Waals surface area contributed by atoms with Crippen LogP contribution in [0.25, 0.3) is 22.2 Å². The van der Waals surface area contributed by atoms with Crippen molar-refractivity contribution in [2.75, 3.05) is 25.1 Å². The Labute approximate surface area is 172 Å². The summed E-state index contributed by atoms with van der Waals surface area (Å²) in [5, 5.41) is 13.8. The van der Waals surface area contributed by atoms with Gasteiger partial charge in [-0.15, -0.1) is 10.2 Å². The molecular formula is C23H29N5O. The minimum Gasteiger partial charge on any atom is -0.496 e. The van der Waals surface area contributed by atoms with Crippen LogP contribution >= 0.6 is 0 Å². The molecule has 6 heteroatoms. The highest BCUT2D eigenvalue weighted by Crippen LogP contribution is 2.33. The molecule has 152 valence electrons. The van der Waals surface area contributed by atoms with Gasteiger partial charge >= 0.3 is 0 Å². The highest BCUT2D eigenvalue weighted by Gasteiger charge is 2.26. The average Bonchev–Trinajstić information content (AvgIpc) is 3.13. The molecular weight excluding hydrogens is 362 g/mol. The summed E-state index contributed by atoms with van der Waals surface area (Å²) in [5.74, 6) is 1.68. The topological polar surface area (TPSA) is 63.2 Å². The highest BCUT2D eigenvalue weighted by atomic mass is 16.5. The molecule has 4 rings (SSSR count). The molecule has 0 radical (unpaired) electrons. The predicted molar refractivity (Wildman–Crippen MR) is 118 cm³/mol. The van der Waals surface area contributed by atoms with Gasteiger partial charge in [0, 0.05) is 47.4 Å². The first-order valence-electron chi connectivity index (χ1n) is 10.1. The van der Waals surface area contributed by atoms with E-state index in [2.05, 4.69) is 64.4 Å². The van der Waals surface area contributed by atoms with Crippen LogP contribution in [0.4, 0.5) is 5.82 Å². The van der Waals surface area contributed by atoms with E-state index in [0.29, 0.717) is 6.04 Å². The van der Waals surface area contributed by atoms with Crippen molar-refractivity contribution in [3.63, 3.8) is 0 Å². The van der Waals surface area contributed by atoms with Crippen LogP contribution in [0.5, 0.6) is 5.75 Å². The number of aryl methyl sites for hydroxylation is 1. The summed E-state index contributed by atoms with van der Waals surface area (Å²) >= 11 is 0. The molecule has 1 aliphatic heterocycles. The Hall–Kier alpha value is -2.73. The van der Waals surface area contributed by atoms with Gasteiger partial charge in [0.2, 0.25) is 0 Å². The number of fused-ring (bicyclic) bond motifs is 1. The van der Waals surface area contributed by atoms with Crippen molar-refractivity contribution in [2.45, 2.75) is 45.7 Å². The number of pyridine rings is 1. The van der Waals surface area contributed by atoms with Gasteiger partial charge in [-0.2, -0.15) is 0 Å². The molecule has 1 N–H and O–H groups in total. The third kappa shape index (κ3) is 4.32. The molecule has 29 heavy (non-hydrogen) atoms. The number of hydrogen-bond acceptors (Lipinski definition) is 6. The number of nitrogens with zero attached hydrogens (tertiary/aromatic N) is 4. The molecule has 1 aliphatic rings. The maximum Gasteiger partial charge on any atom is 0.151 e. The quantitative estimate of drug-likeness (QED) is 0.726. The SMILES string of the molecule is COc1cc2nc(C)ccc2cc1-c1ccc(N2CCC(NC(C)(C)C)C2)nn1. The summed E-state index contributed by atoms with van der Waals surface area (Å²) in [6, 6.07) is 12.7. The number of anilines is 1. The number of nitrogens with one attached hydrogen (secondary N) is 1. The van der Waals surface area contributed by atoms with E-state index in [1.807, 2.05) is 25.1 Å². The first-order valence-corrected chi connectivity index (χ1v) is 10.1. The standard InChI is InChI=1S/C23H29N5O/c1-15-6-7-16-12-18(21(29-5)13-20(16)24-15)19-8-9-22(27-26-19)28-11-10-17(14-28)25-23(2,3)4/h6-9,12-13,17,25H,10-11,14H2,1-5H3. The van der Waals surface area contributed by atoms with E-state index in [4.69, 9.17) is 4.74 Å². The number of ether oxygens (including phenoxy) is 1. The van der Waals surface area contributed by atoms with Crippen LogP contribution in [0.3, 0.4) is 0 Å². The zero-order valence-electron chi connectivity index (χ0n) is 17.9. The number of hydrogen-bond donors (Lipinski definition) is 1. The van der Waals surface area contributed by atoms with E-state index in [0.717, 1.165) is 58.9 Å². The molecule has 3 aromatic rings. The first-order chi connectivity index (χ1) is 13.8. The maximum absolute atomic E-state index is 5.61. The Balaban J connectivity index is 1.57. The molecule has 0 saturated carbocycles.